The number of halogens is 3. The molecule has 0 radical (unpaired) electrons. The molecule has 2 N–H and O–H groups in total. The van der Waals surface area contributed by atoms with Gasteiger partial charge in [0, 0.05) is 6.08 Å². The van der Waals surface area contributed by atoms with E-state index in [1.165, 1.54) is 24.3 Å². The van der Waals surface area contributed by atoms with Crippen molar-refractivity contribution in [3.05, 3.63) is 65.7 Å². The van der Waals surface area contributed by atoms with Crippen LogP contribution < -0.4 is 15.4 Å². The maximum Gasteiger partial charge on any atom is 0.405 e. The van der Waals surface area contributed by atoms with E-state index in [1.807, 2.05) is 6.92 Å². The molecule has 0 aromatic heterocycles. The summed E-state index contributed by atoms with van der Waals surface area (Å²) in [6.45, 7) is 1.17. The van der Waals surface area contributed by atoms with Gasteiger partial charge in [-0.25, -0.2) is 0 Å². The number of nitrogens with one attached hydrogen (secondary N) is 2. The molecular weight excluding hydrogens is 385 g/mol. The molecule has 0 aliphatic heterocycles. The van der Waals surface area contributed by atoms with Crippen LogP contribution in [0.5, 0.6) is 5.75 Å². The van der Waals surface area contributed by atoms with Crippen molar-refractivity contribution >= 4 is 23.6 Å². The van der Waals surface area contributed by atoms with Gasteiger partial charge in [0.2, 0.25) is 5.91 Å². The summed E-state index contributed by atoms with van der Waals surface area (Å²) < 4.78 is 42.3. The van der Waals surface area contributed by atoms with E-state index in [0.717, 1.165) is 17.7 Å². The van der Waals surface area contributed by atoms with Gasteiger partial charge in [-0.3, -0.25) is 9.59 Å². The van der Waals surface area contributed by atoms with Gasteiger partial charge < -0.3 is 15.4 Å². The second kappa shape index (κ2) is 10.3. The summed E-state index contributed by atoms with van der Waals surface area (Å²) in [5, 5.41) is 4.29. The van der Waals surface area contributed by atoms with Gasteiger partial charge in [0.15, 0.2) is 0 Å². The summed E-state index contributed by atoms with van der Waals surface area (Å²) in [5.74, 6) is -0.718. The fourth-order valence-corrected chi connectivity index (χ4v) is 2.31. The lowest BCUT2D eigenvalue weighted by molar-refractivity contribution is -0.123. The van der Waals surface area contributed by atoms with E-state index >= 15 is 0 Å². The van der Waals surface area contributed by atoms with Gasteiger partial charge in [-0.05, 0) is 42.3 Å². The predicted molar refractivity (Wildman–Crippen MR) is 105 cm³/mol. The minimum atomic E-state index is -4.52. The van der Waals surface area contributed by atoms with Crippen molar-refractivity contribution < 1.29 is 27.5 Å². The van der Waals surface area contributed by atoms with Crippen LogP contribution in [0.25, 0.3) is 6.08 Å². The number of amides is 2. The predicted octanol–water partition coefficient (Wildman–Crippen LogP) is 4.42. The van der Waals surface area contributed by atoms with Crippen molar-refractivity contribution in [1.29, 1.82) is 0 Å². The number of para-hydroxylation sites is 1. The molecule has 0 heterocycles. The monoisotopic (exact) mass is 406 g/mol. The molecule has 0 bridgehead atoms. The molecule has 154 valence electrons. The van der Waals surface area contributed by atoms with Crippen LogP contribution in [0.15, 0.2) is 54.6 Å². The second-order valence-electron chi connectivity index (χ2n) is 6.08. The number of anilines is 1. The Bertz CT molecular complexity index is 862. The molecule has 0 saturated carbocycles. The highest BCUT2D eigenvalue weighted by atomic mass is 19.4. The maximum absolute atomic E-state index is 12.3. The molecular formula is C21H21F3N2O3. The van der Waals surface area contributed by atoms with Gasteiger partial charge in [-0.1, -0.05) is 31.2 Å². The van der Waals surface area contributed by atoms with Crippen molar-refractivity contribution in [2.75, 3.05) is 18.5 Å². The highest BCUT2D eigenvalue weighted by molar-refractivity contribution is 6.07. The summed E-state index contributed by atoms with van der Waals surface area (Å²) in [5.41, 5.74) is 0.821. The zero-order valence-corrected chi connectivity index (χ0v) is 15.8. The van der Waals surface area contributed by atoms with E-state index in [0.29, 0.717) is 6.61 Å². The molecule has 0 atom stereocenters. The smallest absolute Gasteiger partial charge is 0.405 e. The Hall–Kier alpha value is -3.29. The van der Waals surface area contributed by atoms with Crippen LogP contribution in [-0.4, -0.2) is 31.1 Å². The van der Waals surface area contributed by atoms with Crippen molar-refractivity contribution in [3.8, 4) is 5.75 Å². The lowest BCUT2D eigenvalue weighted by atomic mass is 10.1. The average Bonchev–Trinajstić information content (AvgIpc) is 2.69. The van der Waals surface area contributed by atoms with Crippen LogP contribution in [-0.2, 0) is 4.79 Å². The van der Waals surface area contributed by atoms with Gasteiger partial charge in [0.25, 0.3) is 5.91 Å². The van der Waals surface area contributed by atoms with Gasteiger partial charge in [0.05, 0.1) is 17.9 Å². The standard InChI is InChI=1S/C21H21F3N2O3/c1-2-13-29-16-10-7-15(8-11-16)9-12-19(27)26-18-6-4-3-5-17(18)20(28)25-14-21(22,23)24/h3-12H,2,13-14H2,1H3,(H,25,28)(H,26,27)/b12-9+. The number of hydrogen-bond donors (Lipinski definition) is 2. The lowest BCUT2D eigenvalue weighted by Gasteiger charge is -2.11. The molecule has 2 aromatic rings. The molecule has 2 rings (SSSR count). The first kappa shape index (κ1) is 22.0. The van der Waals surface area contributed by atoms with Crippen molar-refractivity contribution in [2.24, 2.45) is 0 Å². The summed E-state index contributed by atoms with van der Waals surface area (Å²) in [6.07, 6.45) is -0.775. The van der Waals surface area contributed by atoms with Crippen molar-refractivity contribution in [1.82, 2.24) is 5.32 Å². The molecule has 2 amide bonds. The zero-order chi connectivity index (χ0) is 21.3. The van der Waals surface area contributed by atoms with Gasteiger partial charge in [-0.2, -0.15) is 13.2 Å². The molecule has 0 aliphatic carbocycles. The van der Waals surface area contributed by atoms with Gasteiger partial charge in [0.1, 0.15) is 12.3 Å². The minimum absolute atomic E-state index is 0.0593. The largest absolute Gasteiger partial charge is 0.494 e. The van der Waals surface area contributed by atoms with E-state index in [4.69, 9.17) is 4.74 Å². The van der Waals surface area contributed by atoms with E-state index in [9.17, 15) is 22.8 Å². The van der Waals surface area contributed by atoms with Gasteiger partial charge >= 0.3 is 6.18 Å². The fourth-order valence-electron chi connectivity index (χ4n) is 2.31. The molecule has 8 heteroatoms. The highest BCUT2D eigenvalue weighted by Gasteiger charge is 2.28. The first-order valence-corrected chi connectivity index (χ1v) is 8.94. The third kappa shape index (κ3) is 7.69. The molecule has 0 fully saturated rings. The van der Waals surface area contributed by atoms with Crippen LogP contribution >= 0.6 is 0 Å². The molecule has 0 spiro atoms. The van der Waals surface area contributed by atoms with Crippen LogP contribution in [0.3, 0.4) is 0 Å². The Kier molecular flexibility index (Phi) is 7.82. The topological polar surface area (TPSA) is 67.4 Å². The Labute approximate surface area is 166 Å². The Morgan fingerprint density at radius 1 is 1.07 bits per heavy atom. The number of carbonyl (C=O) groups is 2. The summed E-state index contributed by atoms with van der Waals surface area (Å²) in [7, 11) is 0. The Balaban J connectivity index is 2.00. The quantitative estimate of drug-likeness (QED) is 0.638. The molecule has 0 saturated heterocycles. The molecule has 0 aliphatic rings. The number of ether oxygens (including phenoxy) is 1. The number of rotatable bonds is 8. The highest BCUT2D eigenvalue weighted by Crippen LogP contribution is 2.18. The summed E-state index contributed by atoms with van der Waals surface area (Å²) >= 11 is 0. The number of carbonyl (C=O) groups excluding carboxylic acids is 2. The second-order valence-corrected chi connectivity index (χ2v) is 6.08. The molecule has 0 unspecified atom stereocenters. The first-order chi connectivity index (χ1) is 13.8. The minimum Gasteiger partial charge on any atom is -0.494 e. The Morgan fingerprint density at radius 3 is 2.41 bits per heavy atom. The van der Waals surface area contributed by atoms with E-state index < -0.39 is 24.5 Å². The molecule has 2 aromatic carbocycles. The number of hydrogen-bond acceptors (Lipinski definition) is 3. The SMILES string of the molecule is CCCOc1ccc(/C=C/C(=O)Nc2ccccc2C(=O)NCC(F)(F)F)cc1. The normalized spacial score (nSPS) is 11.3. The van der Waals surface area contributed by atoms with E-state index in [-0.39, 0.29) is 11.3 Å². The number of alkyl halides is 3. The van der Waals surface area contributed by atoms with Crippen molar-refractivity contribution in [3.63, 3.8) is 0 Å². The third-order valence-electron chi connectivity index (χ3n) is 3.66. The van der Waals surface area contributed by atoms with Crippen LogP contribution in [0, 0.1) is 0 Å². The average molecular weight is 406 g/mol. The first-order valence-electron chi connectivity index (χ1n) is 8.94. The van der Waals surface area contributed by atoms with E-state index in [2.05, 4.69) is 5.32 Å². The van der Waals surface area contributed by atoms with Crippen LogP contribution in [0.2, 0.25) is 0 Å². The summed E-state index contributed by atoms with van der Waals surface area (Å²) in [6, 6.07) is 13.0. The van der Waals surface area contributed by atoms with E-state index in [1.54, 1.807) is 41.7 Å². The molecule has 5 nitrogen and oxygen atoms in total. The van der Waals surface area contributed by atoms with Gasteiger partial charge in [-0.15, -0.1) is 0 Å². The van der Waals surface area contributed by atoms with Crippen LogP contribution in [0.4, 0.5) is 18.9 Å². The molecule has 29 heavy (non-hydrogen) atoms. The van der Waals surface area contributed by atoms with Crippen molar-refractivity contribution in [2.45, 2.75) is 19.5 Å². The Morgan fingerprint density at radius 2 is 1.76 bits per heavy atom. The fraction of sp³-hybridized carbons (Fsp3) is 0.238. The zero-order valence-electron chi connectivity index (χ0n) is 15.8. The maximum atomic E-state index is 12.3. The third-order valence-corrected chi connectivity index (χ3v) is 3.66. The van der Waals surface area contributed by atoms with Crippen LogP contribution in [0.1, 0.15) is 29.3 Å². The summed E-state index contributed by atoms with van der Waals surface area (Å²) in [4.78, 5) is 24.1. The lowest BCUT2D eigenvalue weighted by Crippen LogP contribution is -2.34. The number of benzene rings is 2.